The fourth-order valence-electron chi connectivity index (χ4n) is 1.70. The van der Waals surface area contributed by atoms with Crippen molar-refractivity contribution in [1.29, 1.82) is 0 Å². The molecule has 0 aliphatic carbocycles. The minimum Gasteiger partial charge on any atom is -0.308 e. The molecule has 1 unspecified atom stereocenters. The Balaban J connectivity index is 2.53. The molecule has 5 heteroatoms. The van der Waals surface area contributed by atoms with Crippen LogP contribution in [0.2, 0.25) is 0 Å². The molecule has 0 aliphatic rings. The predicted octanol–water partition coefficient (Wildman–Crippen LogP) is 4.10. The summed E-state index contributed by atoms with van der Waals surface area (Å²) in [5.74, 6) is -1.07. The van der Waals surface area contributed by atoms with Crippen LogP contribution in [0.5, 0.6) is 0 Å². The van der Waals surface area contributed by atoms with Crippen LogP contribution in [0.25, 0.3) is 0 Å². The predicted molar refractivity (Wildman–Crippen MR) is 69.3 cm³/mol. The summed E-state index contributed by atoms with van der Waals surface area (Å²) in [6, 6.07) is 5.28. The topological polar surface area (TPSA) is 12.0 Å². The molecule has 1 atom stereocenters. The first-order chi connectivity index (χ1) is 8.15. The standard InChI is InChI=1S/C12H10BrF2NS/c1-16-11(12-7(13)5-6-17-12)10-8(14)3-2-4-9(10)15/h2-6,11,16H,1H3. The molecule has 1 N–H and O–H groups in total. The van der Waals surface area contributed by atoms with Crippen LogP contribution in [-0.4, -0.2) is 7.05 Å². The molecule has 0 saturated carbocycles. The molecule has 1 nitrogen and oxygen atoms in total. The number of benzene rings is 1. The van der Waals surface area contributed by atoms with Gasteiger partial charge in [0.25, 0.3) is 0 Å². The molecule has 2 rings (SSSR count). The number of rotatable bonds is 3. The van der Waals surface area contributed by atoms with Crippen LogP contribution in [0.1, 0.15) is 16.5 Å². The highest BCUT2D eigenvalue weighted by atomic mass is 79.9. The van der Waals surface area contributed by atoms with Crippen molar-refractivity contribution in [3.05, 3.63) is 56.2 Å². The lowest BCUT2D eigenvalue weighted by Crippen LogP contribution is -2.19. The normalized spacial score (nSPS) is 12.7. The van der Waals surface area contributed by atoms with E-state index < -0.39 is 17.7 Å². The number of hydrogen-bond donors (Lipinski definition) is 1. The smallest absolute Gasteiger partial charge is 0.131 e. The summed E-state index contributed by atoms with van der Waals surface area (Å²) in [7, 11) is 1.68. The van der Waals surface area contributed by atoms with E-state index in [4.69, 9.17) is 0 Å². The maximum atomic E-state index is 13.7. The quantitative estimate of drug-likeness (QED) is 0.898. The number of hydrogen-bond acceptors (Lipinski definition) is 2. The zero-order valence-electron chi connectivity index (χ0n) is 9.01. The van der Waals surface area contributed by atoms with Crippen molar-refractivity contribution >= 4 is 27.3 Å². The Hall–Kier alpha value is -0.780. The SMILES string of the molecule is CNC(c1sccc1Br)c1c(F)cccc1F. The molecule has 0 amide bonds. The molecule has 0 bridgehead atoms. The summed E-state index contributed by atoms with van der Waals surface area (Å²) in [5, 5.41) is 4.82. The molecule has 0 radical (unpaired) electrons. The molecule has 2 aromatic rings. The molecule has 0 aliphatic heterocycles. The number of halogens is 3. The average molecular weight is 318 g/mol. The van der Waals surface area contributed by atoms with E-state index in [9.17, 15) is 8.78 Å². The lowest BCUT2D eigenvalue weighted by Gasteiger charge is -2.17. The maximum absolute atomic E-state index is 13.7. The van der Waals surface area contributed by atoms with Gasteiger partial charge in [0.15, 0.2) is 0 Å². The Kier molecular flexibility index (Phi) is 3.91. The van der Waals surface area contributed by atoms with Crippen molar-refractivity contribution in [3.8, 4) is 0 Å². The number of nitrogens with one attached hydrogen (secondary N) is 1. The minimum absolute atomic E-state index is 0.0538. The van der Waals surface area contributed by atoms with Crippen molar-refractivity contribution in [2.45, 2.75) is 6.04 Å². The van der Waals surface area contributed by atoms with E-state index >= 15 is 0 Å². The maximum Gasteiger partial charge on any atom is 0.131 e. The summed E-state index contributed by atoms with van der Waals surface area (Å²) in [5.41, 5.74) is 0.0538. The monoisotopic (exact) mass is 317 g/mol. The van der Waals surface area contributed by atoms with Crippen LogP contribution >= 0.6 is 27.3 Å². The summed E-state index contributed by atoms with van der Waals surface area (Å²) in [4.78, 5) is 0.858. The van der Waals surface area contributed by atoms with Crippen LogP contribution in [-0.2, 0) is 0 Å². The zero-order valence-corrected chi connectivity index (χ0v) is 11.4. The fourth-order valence-corrected chi connectivity index (χ4v) is 3.42. The summed E-state index contributed by atoms with van der Waals surface area (Å²) in [6.07, 6.45) is 0. The summed E-state index contributed by atoms with van der Waals surface area (Å²) < 4.78 is 28.3. The molecule has 90 valence electrons. The minimum atomic E-state index is -0.537. The summed E-state index contributed by atoms with van der Waals surface area (Å²) >= 11 is 4.83. The van der Waals surface area contributed by atoms with Gasteiger partial charge in [0.1, 0.15) is 11.6 Å². The second-order valence-corrected chi connectivity index (χ2v) is 5.29. The summed E-state index contributed by atoms with van der Waals surface area (Å²) in [6.45, 7) is 0. The molecule has 1 aromatic carbocycles. The first kappa shape index (κ1) is 12.7. The van der Waals surface area contributed by atoms with E-state index in [1.54, 1.807) is 7.05 Å². The van der Waals surface area contributed by atoms with Crippen molar-refractivity contribution in [1.82, 2.24) is 5.32 Å². The molecule has 17 heavy (non-hydrogen) atoms. The van der Waals surface area contributed by atoms with Gasteiger partial charge in [0.2, 0.25) is 0 Å². The van der Waals surface area contributed by atoms with Crippen LogP contribution in [0.4, 0.5) is 8.78 Å². The second kappa shape index (κ2) is 5.25. The third kappa shape index (κ3) is 2.41. The highest BCUT2D eigenvalue weighted by Gasteiger charge is 2.23. The Morgan fingerprint density at radius 3 is 2.35 bits per heavy atom. The van der Waals surface area contributed by atoms with Gasteiger partial charge < -0.3 is 5.32 Å². The second-order valence-electron chi connectivity index (χ2n) is 3.49. The van der Waals surface area contributed by atoms with Crippen molar-refractivity contribution < 1.29 is 8.78 Å². The highest BCUT2D eigenvalue weighted by molar-refractivity contribution is 9.10. The van der Waals surface area contributed by atoms with E-state index in [2.05, 4.69) is 21.2 Å². The molecule has 1 aromatic heterocycles. The zero-order chi connectivity index (χ0) is 12.4. The van der Waals surface area contributed by atoms with Crippen LogP contribution < -0.4 is 5.32 Å². The van der Waals surface area contributed by atoms with Gasteiger partial charge in [0.05, 0.1) is 6.04 Å². The molecule has 0 saturated heterocycles. The Morgan fingerprint density at radius 2 is 1.88 bits per heavy atom. The third-order valence-corrected chi connectivity index (χ3v) is 4.42. The van der Waals surface area contributed by atoms with Crippen molar-refractivity contribution in [2.75, 3.05) is 7.05 Å². The van der Waals surface area contributed by atoms with Gasteiger partial charge in [-0.3, -0.25) is 0 Å². The van der Waals surface area contributed by atoms with E-state index in [1.165, 1.54) is 29.5 Å². The number of thiophene rings is 1. The van der Waals surface area contributed by atoms with Gasteiger partial charge in [-0.2, -0.15) is 0 Å². The first-order valence-electron chi connectivity index (χ1n) is 4.99. The van der Waals surface area contributed by atoms with Gasteiger partial charge in [-0.05, 0) is 46.6 Å². The first-order valence-corrected chi connectivity index (χ1v) is 6.66. The highest BCUT2D eigenvalue weighted by Crippen LogP contribution is 2.34. The lowest BCUT2D eigenvalue weighted by atomic mass is 10.0. The van der Waals surface area contributed by atoms with Crippen LogP contribution in [0.3, 0.4) is 0 Å². The Morgan fingerprint density at radius 1 is 1.24 bits per heavy atom. The Bertz CT molecular complexity index is 507. The van der Waals surface area contributed by atoms with Crippen molar-refractivity contribution in [2.24, 2.45) is 0 Å². The molecule has 0 fully saturated rings. The van der Waals surface area contributed by atoms with E-state index in [0.29, 0.717) is 0 Å². The van der Waals surface area contributed by atoms with Gasteiger partial charge in [-0.1, -0.05) is 6.07 Å². The van der Waals surface area contributed by atoms with E-state index in [-0.39, 0.29) is 5.56 Å². The van der Waals surface area contributed by atoms with Crippen LogP contribution in [0.15, 0.2) is 34.1 Å². The largest absolute Gasteiger partial charge is 0.308 e. The lowest BCUT2D eigenvalue weighted by molar-refractivity contribution is 0.524. The molecular formula is C12H10BrF2NS. The van der Waals surface area contributed by atoms with E-state index in [0.717, 1.165) is 9.35 Å². The van der Waals surface area contributed by atoms with Crippen LogP contribution in [0, 0.1) is 11.6 Å². The average Bonchev–Trinajstić information content (AvgIpc) is 2.70. The van der Waals surface area contributed by atoms with Gasteiger partial charge >= 0.3 is 0 Å². The fraction of sp³-hybridized carbons (Fsp3) is 0.167. The molecule has 0 spiro atoms. The molecular weight excluding hydrogens is 308 g/mol. The van der Waals surface area contributed by atoms with Crippen molar-refractivity contribution in [3.63, 3.8) is 0 Å². The van der Waals surface area contributed by atoms with E-state index in [1.807, 2.05) is 11.4 Å². The molecule has 1 heterocycles. The third-order valence-electron chi connectivity index (χ3n) is 2.48. The van der Waals surface area contributed by atoms with Gasteiger partial charge in [0, 0.05) is 14.9 Å². The Labute approximate surface area is 111 Å². The van der Waals surface area contributed by atoms with Gasteiger partial charge in [-0.15, -0.1) is 11.3 Å². The van der Waals surface area contributed by atoms with Gasteiger partial charge in [-0.25, -0.2) is 8.78 Å².